The van der Waals surface area contributed by atoms with Crippen LogP contribution >= 0.6 is 0 Å². The van der Waals surface area contributed by atoms with E-state index >= 15 is 0 Å². The van der Waals surface area contributed by atoms with E-state index in [9.17, 15) is 4.79 Å². The van der Waals surface area contributed by atoms with Crippen molar-refractivity contribution in [1.82, 2.24) is 25.0 Å². The molecule has 0 saturated carbocycles. The van der Waals surface area contributed by atoms with Crippen LogP contribution in [0, 0.1) is 0 Å². The van der Waals surface area contributed by atoms with Crippen LogP contribution in [0.4, 0.5) is 5.95 Å². The molecule has 0 fully saturated rings. The van der Waals surface area contributed by atoms with Gasteiger partial charge in [0.05, 0.1) is 19.3 Å². The predicted molar refractivity (Wildman–Crippen MR) is 104 cm³/mol. The summed E-state index contributed by atoms with van der Waals surface area (Å²) in [6.07, 6.45) is 1.58. The smallest absolute Gasteiger partial charge is 0.276 e. The maximum atomic E-state index is 12.4. The van der Waals surface area contributed by atoms with Crippen LogP contribution in [0.25, 0.3) is 11.3 Å². The SMILES string of the molecule is COc1ccc(-c2cc(C(=O)Nc3ncn(Cc4ccccc4)n3)[nH]n2)cc1. The maximum Gasteiger partial charge on any atom is 0.276 e. The number of nitrogens with zero attached hydrogens (tertiary/aromatic N) is 4. The molecule has 0 spiro atoms. The minimum Gasteiger partial charge on any atom is -0.497 e. The third-order valence-electron chi connectivity index (χ3n) is 4.16. The minimum absolute atomic E-state index is 0.238. The molecule has 2 aromatic heterocycles. The van der Waals surface area contributed by atoms with Gasteiger partial charge >= 0.3 is 0 Å². The Bertz CT molecular complexity index is 1070. The minimum atomic E-state index is -0.357. The Morgan fingerprint density at radius 2 is 1.93 bits per heavy atom. The van der Waals surface area contributed by atoms with Crippen molar-refractivity contribution < 1.29 is 9.53 Å². The van der Waals surface area contributed by atoms with E-state index in [-0.39, 0.29) is 11.9 Å². The molecular formula is C20H18N6O2. The van der Waals surface area contributed by atoms with Gasteiger partial charge in [-0.3, -0.25) is 15.2 Å². The summed E-state index contributed by atoms with van der Waals surface area (Å²) in [6, 6.07) is 19.0. The number of H-pyrrole nitrogens is 1. The van der Waals surface area contributed by atoms with Crippen molar-refractivity contribution in [3.63, 3.8) is 0 Å². The Morgan fingerprint density at radius 3 is 2.68 bits per heavy atom. The molecule has 0 saturated heterocycles. The first-order chi connectivity index (χ1) is 13.7. The molecule has 4 aromatic rings. The van der Waals surface area contributed by atoms with E-state index in [1.807, 2.05) is 54.6 Å². The van der Waals surface area contributed by atoms with Crippen LogP contribution in [0.15, 0.2) is 67.0 Å². The van der Waals surface area contributed by atoms with Crippen molar-refractivity contribution in [2.24, 2.45) is 0 Å². The molecule has 0 radical (unpaired) electrons. The van der Waals surface area contributed by atoms with E-state index < -0.39 is 0 Å². The molecule has 8 heteroatoms. The fourth-order valence-electron chi connectivity index (χ4n) is 2.72. The van der Waals surface area contributed by atoms with Crippen molar-refractivity contribution in [3.05, 3.63) is 78.2 Å². The number of ether oxygens (including phenoxy) is 1. The van der Waals surface area contributed by atoms with Crippen molar-refractivity contribution in [1.29, 1.82) is 0 Å². The molecular weight excluding hydrogens is 356 g/mol. The average Bonchev–Trinajstić information content (AvgIpc) is 3.39. The highest BCUT2D eigenvalue weighted by atomic mass is 16.5. The highest BCUT2D eigenvalue weighted by molar-refractivity contribution is 6.02. The fraction of sp³-hybridized carbons (Fsp3) is 0.100. The van der Waals surface area contributed by atoms with Crippen molar-refractivity contribution in [3.8, 4) is 17.0 Å². The van der Waals surface area contributed by atoms with Gasteiger partial charge < -0.3 is 4.74 Å². The second-order valence-corrected chi connectivity index (χ2v) is 6.10. The first-order valence-electron chi connectivity index (χ1n) is 8.66. The zero-order valence-corrected chi connectivity index (χ0v) is 15.2. The predicted octanol–water partition coefficient (Wildman–Crippen LogP) is 2.98. The van der Waals surface area contributed by atoms with Gasteiger partial charge in [0.25, 0.3) is 5.91 Å². The topological polar surface area (TPSA) is 97.7 Å². The van der Waals surface area contributed by atoms with Crippen molar-refractivity contribution >= 4 is 11.9 Å². The molecule has 1 amide bonds. The van der Waals surface area contributed by atoms with Gasteiger partial charge in [-0.1, -0.05) is 30.3 Å². The highest BCUT2D eigenvalue weighted by Gasteiger charge is 2.13. The van der Waals surface area contributed by atoms with Crippen molar-refractivity contribution in [2.75, 3.05) is 12.4 Å². The van der Waals surface area contributed by atoms with Crippen LogP contribution in [0.2, 0.25) is 0 Å². The van der Waals surface area contributed by atoms with E-state index in [0.29, 0.717) is 17.9 Å². The Kier molecular flexibility index (Phi) is 4.83. The number of rotatable bonds is 6. The van der Waals surface area contributed by atoms with Gasteiger partial charge in [-0.25, -0.2) is 9.67 Å². The zero-order chi connectivity index (χ0) is 19.3. The lowest BCUT2D eigenvalue weighted by Gasteiger charge is -2.00. The normalized spacial score (nSPS) is 10.6. The van der Waals surface area contributed by atoms with Crippen LogP contribution in [0.1, 0.15) is 16.1 Å². The van der Waals surface area contributed by atoms with Gasteiger partial charge in [0.2, 0.25) is 5.95 Å². The average molecular weight is 374 g/mol. The largest absolute Gasteiger partial charge is 0.497 e. The van der Waals surface area contributed by atoms with Gasteiger partial charge in [-0.2, -0.15) is 5.10 Å². The molecule has 0 bridgehead atoms. The Balaban J connectivity index is 1.42. The van der Waals surface area contributed by atoms with Crippen LogP contribution < -0.4 is 10.1 Å². The lowest BCUT2D eigenvalue weighted by Crippen LogP contribution is -2.14. The van der Waals surface area contributed by atoms with Crippen LogP contribution in [0.5, 0.6) is 5.75 Å². The molecule has 2 N–H and O–H groups in total. The van der Waals surface area contributed by atoms with E-state index in [0.717, 1.165) is 16.9 Å². The number of aromatic nitrogens is 5. The number of carbonyl (C=O) groups excluding carboxylic acids is 1. The first-order valence-corrected chi connectivity index (χ1v) is 8.66. The molecule has 0 aliphatic heterocycles. The summed E-state index contributed by atoms with van der Waals surface area (Å²) in [4.78, 5) is 16.6. The van der Waals surface area contributed by atoms with Gasteiger partial charge in [0.15, 0.2) is 0 Å². The molecule has 4 rings (SSSR count). The third-order valence-corrected chi connectivity index (χ3v) is 4.16. The number of aromatic amines is 1. The molecule has 140 valence electrons. The van der Waals surface area contributed by atoms with Gasteiger partial charge in [0.1, 0.15) is 17.8 Å². The Hall–Kier alpha value is -3.94. The Labute approximate surface area is 161 Å². The second-order valence-electron chi connectivity index (χ2n) is 6.10. The number of hydrogen-bond acceptors (Lipinski definition) is 5. The van der Waals surface area contributed by atoms with E-state index in [4.69, 9.17) is 4.74 Å². The number of methoxy groups -OCH3 is 1. The van der Waals surface area contributed by atoms with Crippen LogP contribution in [0.3, 0.4) is 0 Å². The van der Waals surface area contributed by atoms with Crippen LogP contribution in [-0.2, 0) is 6.54 Å². The first kappa shape index (κ1) is 17.5. The van der Waals surface area contributed by atoms with E-state index in [2.05, 4.69) is 25.6 Å². The van der Waals surface area contributed by atoms with Crippen LogP contribution in [-0.4, -0.2) is 38.0 Å². The molecule has 8 nitrogen and oxygen atoms in total. The summed E-state index contributed by atoms with van der Waals surface area (Å²) in [6.45, 7) is 0.579. The zero-order valence-electron chi connectivity index (χ0n) is 15.2. The lowest BCUT2D eigenvalue weighted by molar-refractivity contribution is 0.102. The summed E-state index contributed by atoms with van der Waals surface area (Å²) in [5.41, 5.74) is 2.96. The summed E-state index contributed by atoms with van der Waals surface area (Å²) in [5.74, 6) is 0.640. The van der Waals surface area contributed by atoms with E-state index in [1.165, 1.54) is 0 Å². The summed E-state index contributed by atoms with van der Waals surface area (Å²) < 4.78 is 6.81. The number of carbonyl (C=O) groups is 1. The number of amides is 1. The van der Waals surface area contributed by atoms with E-state index in [1.54, 1.807) is 24.2 Å². The second kappa shape index (κ2) is 7.75. The summed E-state index contributed by atoms with van der Waals surface area (Å²) >= 11 is 0. The summed E-state index contributed by atoms with van der Waals surface area (Å²) in [5, 5.41) is 13.9. The van der Waals surface area contributed by atoms with Gasteiger partial charge in [-0.05, 0) is 35.9 Å². The number of hydrogen-bond donors (Lipinski definition) is 2. The molecule has 28 heavy (non-hydrogen) atoms. The molecule has 0 aliphatic carbocycles. The van der Waals surface area contributed by atoms with Gasteiger partial charge in [0, 0.05) is 5.56 Å². The standard InChI is InChI=1S/C20H18N6O2/c1-28-16-9-7-15(8-10-16)17-11-18(24-23-17)19(27)22-20-21-13-26(25-20)12-14-5-3-2-4-6-14/h2-11,13H,12H2,1H3,(H,23,24)(H,22,25,27). The maximum absolute atomic E-state index is 12.4. The Morgan fingerprint density at radius 1 is 1.14 bits per heavy atom. The molecule has 0 aliphatic rings. The molecule has 2 heterocycles. The molecule has 2 aromatic carbocycles. The lowest BCUT2D eigenvalue weighted by atomic mass is 10.1. The number of nitrogens with one attached hydrogen (secondary N) is 2. The fourth-order valence-corrected chi connectivity index (χ4v) is 2.72. The van der Waals surface area contributed by atoms with Gasteiger partial charge in [-0.15, -0.1) is 5.10 Å². The number of anilines is 1. The highest BCUT2D eigenvalue weighted by Crippen LogP contribution is 2.21. The summed E-state index contributed by atoms with van der Waals surface area (Å²) in [7, 11) is 1.61. The third kappa shape index (κ3) is 3.90. The molecule has 0 unspecified atom stereocenters. The van der Waals surface area contributed by atoms with Crippen molar-refractivity contribution in [2.45, 2.75) is 6.54 Å². The quantitative estimate of drug-likeness (QED) is 0.541. The monoisotopic (exact) mass is 374 g/mol. The number of benzene rings is 2. The molecule has 0 atom stereocenters.